The molecular weight excluding hydrogens is 236 g/mol. The highest BCUT2D eigenvalue weighted by atomic mass is 16.5. The predicted octanol–water partition coefficient (Wildman–Crippen LogP) is 4.85. The molecule has 1 atom stereocenters. The average molecular weight is 258 g/mol. The quantitative estimate of drug-likeness (QED) is 0.849. The Labute approximate surface area is 115 Å². The highest BCUT2D eigenvalue weighted by Gasteiger charge is 2.19. The number of fused-ring (bicyclic) bond motifs is 1. The van der Waals surface area contributed by atoms with Gasteiger partial charge in [-0.15, -0.1) is 0 Å². The zero-order valence-corrected chi connectivity index (χ0v) is 12.1. The first-order valence-electron chi connectivity index (χ1n) is 6.95. The normalized spacial score (nSPS) is 12.9. The summed E-state index contributed by atoms with van der Waals surface area (Å²) in [5.74, 6) is 1.45. The molecule has 0 heterocycles. The van der Waals surface area contributed by atoms with Gasteiger partial charge in [-0.1, -0.05) is 38.1 Å². The van der Waals surface area contributed by atoms with Crippen LogP contribution in [0, 0.1) is 0 Å². The Kier molecular flexibility index (Phi) is 3.98. The van der Waals surface area contributed by atoms with Gasteiger partial charge in [0.25, 0.3) is 0 Å². The zero-order valence-electron chi connectivity index (χ0n) is 12.1. The standard InChI is InChI=1S/C17H22O2/c1-5-12(4)16-15(19-11(2)3)10-13-8-6-7-9-14(13)17(16)18/h6-12,18H,5H2,1-4H3. The Morgan fingerprint density at radius 1 is 1.16 bits per heavy atom. The van der Waals surface area contributed by atoms with Crippen molar-refractivity contribution >= 4 is 10.8 Å². The van der Waals surface area contributed by atoms with Crippen LogP contribution in [-0.2, 0) is 0 Å². The number of phenolic OH excluding ortho intramolecular Hbond substituents is 1. The fourth-order valence-corrected chi connectivity index (χ4v) is 2.35. The third-order valence-corrected chi connectivity index (χ3v) is 3.49. The number of hydrogen-bond donors (Lipinski definition) is 1. The van der Waals surface area contributed by atoms with Gasteiger partial charge in [0.15, 0.2) is 0 Å². The summed E-state index contributed by atoms with van der Waals surface area (Å²) in [4.78, 5) is 0. The molecule has 1 unspecified atom stereocenters. The van der Waals surface area contributed by atoms with Gasteiger partial charge in [-0.2, -0.15) is 0 Å². The lowest BCUT2D eigenvalue weighted by Crippen LogP contribution is -2.09. The summed E-state index contributed by atoms with van der Waals surface area (Å²) in [5.41, 5.74) is 0.926. The van der Waals surface area contributed by atoms with Crippen molar-refractivity contribution in [3.05, 3.63) is 35.9 Å². The average Bonchev–Trinajstić information content (AvgIpc) is 2.37. The zero-order chi connectivity index (χ0) is 14.0. The molecule has 2 rings (SSSR count). The number of rotatable bonds is 4. The Morgan fingerprint density at radius 3 is 2.47 bits per heavy atom. The molecule has 0 aromatic heterocycles. The maximum absolute atomic E-state index is 10.6. The molecule has 0 fully saturated rings. The van der Waals surface area contributed by atoms with Gasteiger partial charge in [0.05, 0.1) is 6.10 Å². The van der Waals surface area contributed by atoms with Crippen LogP contribution in [0.1, 0.15) is 45.6 Å². The van der Waals surface area contributed by atoms with Crippen LogP contribution in [0.3, 0.4) is 0 Å². The smallest absolute Gasteiger partial charge is 0.130 e. The van der Waals surface area contributed by atoms with E-state index in [1.807, 2.05) is 44.2 Å². The summed E-state index contributed by atoms with van der Waals surface area (Å²) in [6.07, 6.45) is 1.07. The molecule has 2 heteroatoms. The summed E-state index contributed by atoms with van der Waals surface area (Å²) >= 11 is 0. The van der Waals surface area contributed by atoms with Crippen molar-refractivity contribution in [2.24, 2.45) is 0 Å². The molecule has 0 aliphatic rings. The molecule has 2 aromatic carbocycles. The summed E-state index contributed by atoms with van der Waals surface area (Å²) in [5, 5.41) is 12.5. The van der Waals surface area contributed by atoms with Crippen molar-refractivity contribution < 1.29 is 9.84 Å². The van der Waals surface area contributed by atoms with E-state index in [2.05, 4.69) is 13.8 Å². The van der Waals surface area contributed by atoms with Crippen LogP contribution in [0.25, 0.3) is 10.8 Å². The van der Waals surface area contributed by atoms with E-state index < -0.39 is 0 Å². The molecule has 1 N–H and O–H groups in total. The molecule has 2 nitrogen and oxygen atoms in total. The minimum Gasteiger partial charge on any atom is -0.507 e. The lowest BCUT2D eigenvalue weighted by molar-refractivity contribution is 0.238. The Morgan fingerprint density at radius 2 is 1.84 bits per heavy atom. The van der Waals surface area contributed by atoms with E-state index in [1.54, 1.807) is 0 Å². The highest BCUT2D eigenvalue weighted by molar-refractivity contribution is 5.91. The van der Waals surface area contributed by atoms with Crippen LogP contribution < -0.4 is 4.74 Å². The number of aromatic hydroxyl groups is 1. The fraction of sp³-hybridized carbons (Fsp3) is 0.412. The van der Waals surface area contributed by atoms with Crippen molar-refractivity contribution in [2.45, 2.75) is 46.1 Å². The van der Waals surface area contributed by atoms with Gasteiger partial charge in [0.1, 0.15) is 11.5 Å². The van der Waals surface area contributed by atoms with Crippen LogP contribution in [0.5, 0.6) is 11.5 Å². The van der Waals surface area contributed by atoms with Crippen molar-refractivity contribution in [3.63, 3.8) is 0 Å². The Bertz CT molecular complexity index is 573. The van der Waals surface area contributed by atoms with Gasteiger partial charge in [-0.05, 0) is 37.6 Å². The van der Waals surface area contributed by atoms with E-state index >= 15 is 0 Å². The van der Waals surface area contributed by atoms with Crippen molar-refractivity contribution in [1.82, 2.24) is 0 Å². The fourth-order valence-electron chi connectivity index (χ4n) is 2.35. The number of ether oxygens (including phenoxy) is 1. The molecule has 0 bridgehead atoms. The van der Waals surface area contributed by atoms with Crippen LogP contribution in [0.2, 0.25) is 0 Å². The first-order valence-corrected chi connectivity index (χ1v) is 6.95. The van der Waals surface area contributed by atoms with Gasteiger partial charge < -0.3 is 9.84 Å². The molecule has 0 radical (unpaired) electrons. The minimum atomic E-state index is 0.100. The maximum Gasteiger partial charge on any atom is 0.130 e. The number of phenols is 1. The first-order chi connectivity index (χ1) is 9.04. The molecule has 102 valence electrons. The van der Waals surface area contributed by atoms with Crippen LogP contribution in [-0.4, -0.2) is 11.2 Å². The predicted molar refractivity (Wildman–Crippen MR) is 80.1 cm³/mol. The summed E-state index contributed by atoms with van der Waals surface area (Å²) in [7, 11) is 0. The topological polar surface area (TPSA) is 29.5 Å². The summed E-state index contributed by atoms with van der Waals surface area (Å²) < 4.78 is 5.90. The monoisotopic (exact) mass is 258 g/mol. The number of hydrogen-bond acceptors (Lipinski definition) is 2. The van der Waals surface area contributed by atoms with E-state index in [0.29, 0.717) is 5.75 Å². The van der Waals surface area contributed by atoms with E-state index in [4.69, 9.17) is 4.74 Å². The van der Waals surface area contributed by atoms with E-state index in [-0.39, 0.29) is 12.0 Å². The van der Waals surface area contributed by atoms with Crippen LogP contribution >= 0.6 is 0 Å². The highest BCUT2D eigenvalue weighted by Crippen LogP contribution is 2.42. The second kappa shape index (κ2) is 5.52. The van der Waals surface area contributed by atoms with Gasteiger partial charge in [-0.25, -0.2) is 0 Å². The molecule has 0 spiro atoms. The number of benzene rings is 2. The maximum atomic E-state index is 10.6. The molecule has 19 heavy (non-hydrogen) atoms. The molecule has 2 aromatic rings. The third kappa shape index (κ3) is 2.67. The van der Waals surface area contributed by atoms with Crippen LogP contribution in [0.4, 0.5) is 0 Å². The molecule has 0 amide bonds. The Balaban J connectivity index is 2.69. The third-order valence-electron chi connectivity index (χ3n) is 3.49. The van der Waals surface area contributed by atoms with E-state index in [9.17, 15) is 5.11 Å². The van der Waals surface area contributed by atoms with Crippen molar-refractivity contribution in [1.29, 1.82) is 0 Å². The molecule has 0 saturated heterocycles. The second-order valence-corrected chi connectivity index (χ2v) is 5.33. The van der Waals surface area contributed by atoms with Crippen molar-refractivity contribution in [3.8, 4) is 11.5 Å². The summed E-state index contributed by atoms with van der Waals surface area (Å²) in [6.45, 7) is 8.26. The molecule has 0 saturated carbocycles. The Hall–Kier alpha value is -1.70. The summed E-state index contributed by atoms with van der Waals surface area (Å²) in [6, 6.07) is 9.92. The van der Waals surface area contributed by atoms with E-state index in [0.717, 1.165) is 28.5 Å². The van der Waals surface area contributed by atoms with Gasteiger partial charge in [-0.3, -0.25) is 0 Å². The molecule has 0 aliphatic heterocycles. The van der Waals surface area contributed by atoms with Gasteiger partial charge in [0.2, 0.25) is 0 Å². The first kappa shape index (κ1) is 13.7. The minimum absolute atomic E-state index is 0.100. The molecular formula is C17H22O2. The lowest BCUT2D eigenvalue weighted by Gasteiger charge is -2.20. The van der Waals surface area contributed by atoms with Gasteiger partial charge in [0, 0.05) is 10.9 Å². The van der Waals surface area contributed by atoms with Gasteiger partial charge >= 0.3 is 0 Å². The van der Waals surface area contributed by atoms with Crippen molar-refractivity contribution in [2.75, 3.05) is 0 Å². The van der Waals surface area contributed by atoms with Crippen LogP contribution in [0.15, 0.2) is 30.3 Å². The SMILES string of the molecule is CCC(C)c1c(OC(C)C)cc2ccccc2c1O. The van der Waals surface area contributed by atoms with E-state index in [1.165, 1.54) is 0 Å². The second-order valence-electron chi connectivity index (χ2n) is 5.33. The lowest BCUT2D eigenvalue weighted by atomic mass is 9.93. The molecule has 0 aliphatic carbocycles. The largest absolute Gasteiger partial charge is 0.507 e.